The van der Waals surface area contributed by atoms with Gasteiger partial charge in [0.25, 0.3) is 0 Å². The number of anilines is 1. The predicted molar refractivity (Wildman–Crippen MR) is 124 cm³/mol. The summed E-state index contributed by atoms with van der Waals surface area (Å²) in [6, 6.07) is 5.13. The highest BCUT2D eigenvalue weighted by Crippen LogP contribution is 2.36. The number of amides is 1. The van der Waals surface area contributed by atoms with Crippen molar-refractivity contribution in [2.75, 3.05) is 38.1 Å². The maximum Gasteiger partial charge on any atom is 0.480 e. The van der Waals surface area contributed by atoms with Crippen LogP contribution in [-0.2, 0) is 29.6 Å². The van der Waals surface area contributed by atoms with Gasteiger partial charge in [-0.3, -0.25) is 5.32 Å². The number of likely N-dealkylation sites (N-methyl/N-ethyl adjacent to an activating group) is 1. The number of alkyl halides is 6. The molecule has 19 heteroatoms. The van der Waals surface area contributed by atoms with Crippen LogP contribution in [0.15, 0.2) is 23.2 Å². The molecule has 1 amide bonds. The Morgan fingerprint density at radius 2 is 1.47 bits per heavy atom. The largest absolute Gasteiger partial charge is 0.480 e. The number of ether oxygens (including phenoxy) is 1. The average Bonchev–Trinajstić information content (AvgIpc) is 2.78. The Kier molecular flexibility index (Phi) is 12.9. The lowest BCUT2D eigenvalue weighted by atomic mass is 10.2. The zero-order chi connectivity index (χ0) is 30.0. The molecule has 11 nitrogen and oxygen atoms in total. The number of benzene rings is 1. The van der Waals surface area contributed by atoms with Crippen molar-refractivity contribution in [3.8, 4) is 0 Å². The van der Waals surface area contributed by atoms with Crippen molar-refractivity contribution >= 4 is 43.6 Å². The zero-order valence-corrected chi connectivity index (χ0v) is 22.2. The van der Waals surface area contributed by atoms with Gasteiger partial charge in [0.05, 0.1) is 25.3 Å². The van der Waals surface area contributed by atoms with Crippen molar-refractivity contribution in [1.82, 2.24) is 0 Å². The molecule has 38 heavy (non-hydrogen) atoms. The molecule has 1 N–H and O–H groups in total. The number of nitrogens with one attached hydrogen (secondary N) is 1. The van der Waals surface area contributed by atoms with E-state index in [0.717, 1.165) is 40.4 Å². The van der Waals surface area contributed by atoms with Gasteiger partial charge in [-0.15, -0.1) is 0 Å². The number of aliphatic imine (C=N–C) groups is 1. The van der Waals surface area contributed by atoms with Crippen molar-refractivity contribution in [2.24, 2.45) is 4.99 Å². The fourth-order valence-corrected chi connectivity index (χ4v) is 4.41. The Balaban J connectivity index is 0.000000793. The predicted octanol–water partition coefficient (Wildman–Crippen LogP) is 4.45. The van der Waals surface area contributed by atoms with Crippen LogP contribution in [0, 0.1) is 6.92 Å². The van der Waals surface area contributed by atoms with Gasteiger partial charge in [0.15, 0.2) is 20.0 Å². The Labute approximate surface area is 215 Å². The molecule has 1 rings (SSSR count). The first kappa shape index (κ1) is 35.3. The van der Waals surface area contributed by atoms with Crippen molar-refractivity contribution in [3.05, 3.63) is 27.9 Å². The monoisotopic (exact) mass is 600 g/mol. The number of aryl methyl sites for hydroxylation is 1. The Morgan fingerprint density at radius 1 is 1.00 bits per heavy atom. The van der Waals surface area contributed by atoms with Gasteiger partial charge in [-0.1, -0.05) is 6.07 Å². The topological polar surface area (TPSA) is 150 Å². The second-order valence-electron chi connectivity index (χ2n) is 7.40. The molecular weight excluding hydrogens is 574 g/mol. The lowest BCUT2D eigenvalue weighted by Gasteiger charge is -2.35. The number of halogens is 6. The average molecular weight is 601 g/mol. The summed E-state index contributed by atoms with van der Waals surface area (Å²) in [5.74, 6) is 0. The van der Waals surface area contributed by atoms with Gasteiger partial charge in [0, 0.05) is 5.69 Å². The lowest BCUT2D eigenvalue weighted by Crippen LogP contribution is -2.49. The fraction of sp³-hybridized carbons (Fsp3) is 0.579. The molecule has 0 aliphatic carbocycles. The van der Waals surface area contributed by atoms with Gasteiger partial charge in [-0.25, -0.2) is 26.4 Å². The van der Waals surface area contributed by atoms with Gasteiger partial charge in [0.1, 0.15) is 13.2 Å². The molecule has 0 aliphatic heterocycles. The molecule has 0 atom stereocenters. The highest BCUT2D eigenvalue weighted by molar-refractivity contribution is 8.13. The lowest BCUT2D eigenvalue weighted by molar-refractivity contribution is -0.923. The van der Waals surface area contributed by atoms with E-state index in [1.54, 1.807) is 18.2 Å². The number of hydrogen-bond donors (Lipinski definition) is 1. The van der Waals surface area contributed by atoms with E-state index < -0.39 is 37.2 Å². The minimum Gasteiger partial charge on any atom is -0.443 e. The maximum atomic E-state index is 11.9. The molecule has 1 aromatic carbocycles. The smallest absolute Gasteiger partial charge is 0.443 e. The van der Waals surface area contributed by atoms with Gasteiger partial charge in [-0.2, -0.15) is 31.3 Å². The van der Waals surface area contributed by atoms with Crippen LogP contribution in [0.2, 0.25) is 0 Å². The van der Waals surface area contributed by atoms with Crippen molar-refractivity contribution in [3.63, 3.8) is 0 Å². The molecule has 0 saturated heterocycles. The van der Waals surface area contributed by atoms with E-state index in [2.05, 4.69) is 31.1 Å². The summed E-state index contributed by atoms with van der Waals surface area (Å²) < 4.78 is 115. The summed E-state index contributed by atoms with van der Waals surface area (Å²) in [6.07, 6.45) is 1.00. The Hall–Kier alpha value is -2.73. The normalized spacial score (nSPS) is 12.6. The molecule has 0 aliphatic rings. The molecule has 0 fully saturated rings. The SMILES string of the molecule is CC[N+](CC)(CC)CCOC(=O)Nc1ccc(C)c(N=C=O)c1.O=S(=O)([N-]S(=O)(=O)C(F)(F)F)C(F)(F)F. The van der Waals surface area contributed by atoms with E-state index in [4.69, 9.17) is 4.74 Å². The number of nitrogens with zero attached hydrogens (tertiary/aromatic N) is 3. The summed E-state index contributed by atoms with van der Waals surface area (Å²) in [6.45, 7) is 12.5. The van der Waals surface area contributed by atoms with Crippen molar-refractivity contribution < 1.29 is 62.0 Å². The number of rotatable bonds is 10. The number of carbonyl (C=O) groups excluding carboxylic acids is 2. The summed E-state index contributed by atoms with van der Waals surface area (Å²) in [7, 11) is -13.4. The standard InChI is InChI=1S/C17H25N3O3.C2F6NO4S2/c1-5-20(6-2,7-3)10-11-23-17(22)19-15-9-8-14(4)16(12-15)18-13-21;3-1(4,5)14(10,11)9-15(12,13)2(6,7)8/h8-9,12H,5-7,10-11H2,1-4H3;/q;-1/p+1. The number of carbonyl (C=O) groups is 1. The molecule has 0 saturated carbocycles. The summed E-state index contributed by atoms with van der Waals surface area (Å²) >= 11 is 0. The van der Waals surface area contributed by atoms with E-state index >= 15 is 0 Å². The van der Waals surface area contributed by atoms with Crippen LogP contribution in [-0.4, -0.2) is 77.3 Å². The van der Waals surface area contributed by atoms with E-state index in [0.29, 0.717) is 18.0 Å². The van der Waals surface area contributed by atoms with Gasteiger partial charge >= 0.3 is 17.1 Å². The zero-order valence-electron chi connectivity index (χ0n) is 20.6. The minimum atomic E-state index is -6.72. The fourth-order valence-electron chi connectivity index (χ4n) is 2.70. The van der Waals surface area contributed by atoms with Crippen LogP contribution in [0.3, 0.4) is 0 Å². The number of sulfonamides is 2. The second kappa shape index (κ2) is 13.9. The number of hydrogen-bond acceptors (Lipinski definition) is 8. The molecule has 0 bridgehead atoms. The summed E-state index contributed by atoms with van der Waals surface area (Å²) in [5, 5.41) is 2.65. The van der Waals surface area contributed by atoms with Gasteiger partial charge in [-0.05, 0) is 45.4 Å². The van der Waals surface area contributed by atoms with Gasteiger partial charge < -0.3 is 13.3 Å². The molecule has 1 aromatic rings. The third-order valence-electron chi connectivity index (χ3n) is 5.21. The van der Waals surface area contributed by atoms with Crippen LogP contribution in [0.5, 0.6) is 0 Å². The van der Waals surface area contributed by atoms with E-state index in [1.165, 1.54) is 6.08 Å². The maximum absolute atomic E-state index is 11.9. The quantitative estimate of drug-likeness (QED) is 0.180. The molecule has 0 heterocycles. The number of quaternary nitrogens is 1. The van der Waals surface area contributed by atoms with Crippen LogP contribution < -0.4 is 5.32 Å². The first-order valence-electron chi connectivity index (χ1n) is 10.5. The van der Waals surface area contributed by atoms with Crippen LogP contribution in [0.1, 0.15) is 26.3 Å². The van der Waals surface area contributed by atoms with E-state index in [1.807, 2.05) is 6.92 Å². The second-order valence-corrected chi connectivity index (χ2v) is 10.8. The first-order chi connectivity index (χ1) is 17.2. The van der Waals surface area contributed by atoms with Crippen LogP contribution >= 0.6 is 0 Å². The van der Waals surface area contributed by atoms with Crippen LogP contribution in [0.4, 0.5) is 42.5 Å². The minimum absolute atomic E-state index is 0.368. The third kappa shape index (κ3) is 10.6. The molecular formula is C19H26F6N4O7S2. The highest BCUT2D eigenvalue weighted by atomic mass is 32.3. The molecule has 0 unspecified atom stereocenters. The Bertz CT molecular complexity index is 1160. The molecule has 0 spiro atoms. The van der Waals surface area contributed by atoms with E-state index in [-0.39, 0.29) is 0 Å². The van der Waals surface area contributed by atoms with Gasteiger partial charge in [0.2, 0.25) is 6.08 Å². The molecule has 218 valence electrons. The third-order valence-corrected chi connectivity index (χ3v) is 7.95. The number of isocyanates is 1. The van der Waals surface area contributed by atoms with Crippen LogP contribution in [0.25, 0.3) is 4.13 Å². The molecule has 0 aromatic heterocycles. The highest BCUT2D eigenvalue weighted by Gasteiger charge is 2.46. The van der Waals surface area contributed by atoms with Crippen molar-refractivity contribution in [1.29, 1.82) is 0 Å². The first-order valence-corrected chi connectivity index (χ1v) is 13.4. The van der Waals surface area contributed by atoms with Crippen molar-refractivity contribution in [2.45, 2.75) is 38.7 Å². The summed E-state index contributed by atoms with van der Waals surface area (Å²) in [4.78, 5) is 25.8. The summed E-state index contributed by atoms with van der Waals surface area (Å²) in [5.41, 5.74) is -10.5. The van der Waals surface area contributed by atoms with E-state index in [9.17, 15) is 52.8 Å². The Morgan fingerprint density at radius 3 is 1.87 bits per heavy atom. The molecule has 0 radical (unpaired) electrons.